The first-order valence-electron chi connectivity index (χ1n) is 26.0. The fraction of sp³-hybridized carbons (Fsp3) is 0.0571. The highest BCUT2D eigenvalue weighted by Gasteiger charge is 2.43. The van der Waals surface area contributed by atoms with Crippen molar-refractivity contribution in [1.82, 2.24) is 0 Å². The zero-order valence-electron chi connectivity index (χ0n) is 42.1. The van der Waals surface area contributed by atoms with Crippen LogP contribution in [0.15, 0.2) is 255 Å². The zero-order valence-corrected chi connectivity index (χ0v) is 44.1. The summed E-state index contributed by atoms with van der Waals surface area (Å²) in [6.07, 6.45) is 0. The van der Waals surface area contributed by atoms with Crippen molar-refractivity contribution in [3.05, 3.63) is 255 Å². The molecule has 12 aromatic rings. The van der Waals surface area contributed by atoms with Crippen LogP contribution in [0.5, 0.6) is 0 Å². The Bertz CT molecular complexity index is 4110. The molecular weight excluding hydrogens is 925 g/mol. The average Bonchev–Trinajstić information content (AvgIpc) is 3.81. The SMILES string of the molecule is C[Si]1(C)c2cc(-c3ccc(N(c4ccccc4)c4ccccc4)c4ccccc34)ccc2-c2c1cc1c3c(cccc23)[Si](C)(C)c2cc(-c3ccc(N(c4ccccc4)c4ccccc4)c4ccccc34)ccc2-1. The van der Waals surface area contributed by atoms with Gasteiger partial charge in [0.15, 0.2) is 0 Å². The standard InChI is InChI=1S/C70H54N2Si2/c1-73(2)65-35-21-34-61-69-60-39-37-48(54-41-43-64(58-33-20-18-31-56(54)58)72(51-26-13-7-14-27-51)52-28-15-8-16-29-52)45-67(60)74(3,4)68(69)46-62(70(61)65)59-38-36-47(44-66(59)73)53-40-42-63(57-32-19-17-30-55(53)57)71(49-22-9-5-10-23-49)50-24-11-6-12-25-50/h5-46H,1-4H3. The topological polar surface area (TPSA) is 6.48 Å². The molecule has 2 nitrogen and oxygen atoms in total. The van der Waals surface area contributed by atoms with Gasteiger partial charge in [-0.2, -0.15) is 0 Å². The molecule has 0 aromatic heterocycles. The van der Waals surface area contributed by atoms with Gasteiger partial charge in [0.25, 0.3) is 0 Å². The lowest BCUT2D eigenvalue weighted by molar-refractivity contribution is 1.30. The molecule has 352 valence electrons. The third kappa shape index (κ3) is 6.75. The van der Waals surface area contributed by atoms with E-state index in [0.717, 1.165) is 22.7 Å². The molecule has 2 aliphatic heterocycles. The van der Waals surface area contributed by atoms with Crippen molar-refractivity contribution in [2.45, 2.75) is 26.2 Å². The van der Waals surface area contributed by atoms with Gasteiger partial charge in [0.1, 0.15) is 16.1 Å². The molecule has 0 saturated carbocycles. The molecule has 12 aromatic carbocycles. The zero-order chi connectivity index (χ0) is 49.7. The van der Waals surface area contributed by atoms with Crippen molar-refractivity contribution in [2.75, 3.05) is 9.80 Å². The molecule has 0 amide bonds. The van der Waals surface area contributed by atoms with Crippen molar-refractivity contribution in [2.24, 2.45) is 0 Å². The van der Waals surface area contributed by atoms with Crippen LogP contribution in [0.25, 0.3) is 76.8 Å². The molecule has 0 aliphatic carbocycles. The minimum Gasteiger partial charge on any atom is -0.310 e. The van der Waals surface area contributed by atoms with Crippen LogP contribution >= 0.6 is 0 Å². The highest BCUT2D eigenvalue weighted by atomic mass is 28.3. The fourth-order valence-corrected chi connectivity index (χ4v) is 19.0. The summed E-state index contributed by atoms with van der Waals surface area (Å²) in [7, 11) is -4.41. The van der Waals surface area contributed by atoms with Crippen molar-refractivity contribution in [3.8, 4) is 44.5 Å². The summed E-state index contributed by atoms with van der Waals surface area (Å²) in [5.41, 5.74) is 17.7. The second kappa shape index (κ2) is 17.0. The summed E-state index contributed by atoms with van der Waals surface area (Å²) in [5, 5.41) is 14.0. The normalized spacial score (nSPS) is 13.6. The van der Waals surface area contributed by atoms with Gasteiger partial charge in [-0.05, 0) is 147 Å². The number of anilines is 6. The van der Waals surface area contributed by atoms with Gasteiger partial charge >= 0.3 is 0 Å². The monoisotopic (exact) mass is 978 g/mol. The first kappa shape index (κ1) is 44.2. The van der Waals surface area contributed by atoms with Gasteiger partial charge in [0, 0.05) is 33.5 Å². The van der Waals surface area contributed by atoms with Crippen molar-refractivity contribution < 1.29 is 0 Å². The largest absolute Gasteiger partial charge is 0.310 e. The van der Waals surface area contributed by atoms with Gasteiger partial charge < -0.3 is 9.80 Å². The van der Waals surface area contributed by atoms with Crippen LogP contribution in [-0.4, -0.2) is 16.1 Å². The predicted molar refractivity (Wildman–Crippen MR) is 324 cm³/mol. The summed E-state index contributed by atoms with van der Waals surface area (Å²) >= 11 is 0. The summed E-state index contributed by atoms with van der Waals surface area (Å²) in [6.45, 7) is 10.3. The Morgan fingerprint density at radius 1 is 0.257 bits per heavy atom. The summed E-state index contributed by atoms with van der Waals surface area (Å²) in [5.74, 6) is 0. The fourth-order valence-electron chi connectivity index (χ4n) is 12.8. The molecule has 0 unspecified atom stereocenters. The maximum atomic E-state index is 2.65. The molecule has 0 N–H and O–H groups in total. The number of rotatable bonds is 8. The lowest BCUT2D eigenvalue weighted by Gasteiger charge is -2.35. The van der Waals surface area contributed by atoms with E-state index in [4.69, 9.17) is 0 Å². The summed E-state index contributed by atoms with van der Waals surface area (Å²) in [6, 6.07) is 95.0. The highest BCUT2D eigenvalue weighted by molar-refractivity contribution is 7.05. The van der Waals surface area contributed by atoms with Gasteiger partial charge in [-0.1, -0.05) is 220 Å². The minimum atomic E-state index is -2.21. The summed E-state index contributed by atoms with van der Waals surface area (Å²) in [4.78, 5) is 4.78. The van der Waals surface area contributed by atoms with Crippen LogP contribution < -0.4 is 30.5 Å². The Morgan fingerprint density at radius 3 is 1.11 bits per heavy atom. The van der Waals surface area contributed by atoms with E-state index in [1.54, 1.807) is 5.19 Å². The third-order valence-corrected chi connectivity index (χ3v) is 23.4. The molecule has 2 heterocycles. The molecule has 0 atom stereocenters. The number of nitrogens with zero attached hydrogens (tertiary/aromatic N) is 2. The van der Waals surface area contributed by atoms with Crippen molar-refractivity contribution in [1.29, 1.82) is 0 Å². The number of para-hydroxylation sites is 4. The molecule has 14 rings (SSSR count). The van der Waals surface area contributed by atoms with Gasteiger partial charge in [-0.15, -0.1) is 0 Å². The Morgan fingerprint density at radius 2 is 0.635 bits per heavy atom. The third-order valence-electron chi connectivity index (χ3n) is 16.4. The Hall–Kier alpha value is -8.55. The van der Waals surface area contributed by atoms with Crippen molar-refractivity contribution in [3.63, 3.8) is 0 Å². The molecule has 2 aliphatic rings. The van der Waals surface area contributed by atoms with E-state index in [0.29, 0.717) is 0 Å². The number of hydrogen-bond donors (Lipinski definition) is 0. The number of fused-ring (bicyclic) bond motifs is 8. The minimum absolute atomic E-state index is 1.14. The van der Waals surface area contributed by atoms with E-state index in [2.05, 4.69) is 291 Å². The molecule has 74 heavy (non-hydrogen) atoms. The van der Waals surface area contributed by atoms with Gasteiger partial charge in [-0.3, -0.25) is 0 Å². The Kier molecular flexibility index (Phi) is 10.2. The molecule has 0 bridgehead atoms. The quantitative estimate of drug-likeness (QED) is 0.140. The van der Waals surface area contributed by atoms with Gasteiger partial charge in [0.2, 0.25) is 0 Å². The number of benzene rings is 12. The van der Waals surface area contributed by atoms with Crippen LogP contribution in [0.1, 0.15) is 0 Å². The molecule has 0 fully saturated rings. The van der Waals surface area contributed by atoms with E-state index < -0.39 is 16.1 Å². The van der Waals surface area contributed by atoms with E-state index >= 15 is 0 Å². The average molecular weight is 979 g/mol. The lowest BCUT2D eigenvalue weighted by Crippen LogP contribution is -2.56. The van der Waals surface area contributed by atoms with Crippen LogP contribution in [-0.2, 0) is 0 Å². The van der Waals surface area contributed by atoms with E-state index in [-0.39, 0.29) is 0 Å². The first-order valence-corrected chi connectivity index (χ1v) is 32.0. The maximum Gasteiger partial charge on any atom is 0.113 e. The van der Waals surface area contributed by atoms with Crippen LogP contribution in [0.4, 0.5) is 34.1 Å². The molecule has 0 spiro atoms. The van der Waals surface area contributed by atoms with Gasteiger partial charge in [-0.25, -0.2) is 0 Å². The lowest BCUT2D eigenvalue weighted by atomic mass is 9.89. The molecular formula is C70H54N2Si2. The number of hydrogen-bond acceptors (Lipinski definition) is 2. The molecule has 0 radical (unpaired) electrons. The Labute approximate surface area is 436 Å². The van der Waals surface area contributed by atoms with Crippen LogP contribution in [0.3, 0.4) is 0 Å². The smallest absolute Gasteiger partial charge is 0.113 e. The van der Waals surface area contributed by atoms with Crippen molar-refractivity contribution >= 4 is 103 Å². The maximum absolute atomic E-state index is 2.65. The summed E-state index contributed by atoms with van der Waals surface area (Å²) < 4.78 is 0. The van der Waals surface area contributed by atoms with E-state index in [1.165, 1.54) is 104 Å². The van der Waals surface area contributed by atoms with E-state index in [1.807, 2.05) is 0 Å². The van der Waals surface area contributed by atoms with Crippen LogP contribution in [0, 0.1) is 0 Å². The second-order valence-electron chi connectivity index (χ2n) is 21.2. The first-order chi connectivity index (χ1) is 36.3. The van der Waals surface area contributed by atoms with Gasteiger partial charge in [0.05, 0.1) is 11.4 Å². The Balaban J connectivity index is 0.882. The molecule has 0 saturated heterocycles. The van der Waals surface area contributed by atoms with Crippen LogP contribution in [0.2, 0.25) is 26.2 Å². The predicted octanol–water partition coefficient (Wildman–Crippen LogP) is 17.0. The second-order valence-corrected chi connectivity index (χ2v) is 29.9. The van der Waals surface area contributed by atoms with E-state index in [9.17, 15) is 0 Å². The highest BCUT2D eigenvalue weighted by Crippen LogP contribution is 2.47. The molecule has 4 heteroatoms.